The maximum Gasteiger partial charge on any atom is 0.225 e. The van der Waals surface area contributed by atoms with Crippen LogP contribution in [0.25, 0.3) is 0 Å². The van der Waals surface area contributed by atoms with Crippen molar-refractivity contribution in [3.05, 3.63) is 70.4 Å². The fourth-order valence-electron chi connectivity index (χ4n) is 2.10. The Labute approximate surface area is 155 Å². The minimum Gasteiger partial charge on any atom is -0.477 e. The highest BCUT2D eigenvalue weighted by molar-refractivity contribution is 6.31. The van der Waals surface area contributed by atoms with Gasteiger partial charge in [-0.1, -0.05) is 11.6 Å². The molecule has 5 nitrogen and oxygen atoms in total. The zero-order valence-corrected chi connectivity index (χ0v) is 15.0. The van der Waals surface area contributed by atoms with E-state index in [0.29, 0.717) is 29.7 Å². The highest BCUT2D eigenvalue weighted by Gasteiger charge is 2.03. The minimum absolute atomic E-state index is 0.162. The molecule has 0 aliphatic rings. The Hall–Kier alpha value is -2.37. The van der Waals surface area contributed by atoms with E-state index in [-0.39, 0.29) is 5.28 Å². The van der Waals surface area contributed by atoms with Crippen LogP contribution < -0.4 is 9.47 Å². The first-order valence-electron chi connectivity index (χ1n) is 7.60. The maximum absolute atomic E-state index is 6.01. The van der Waals surface area contributed by atoms with Gasteiger partial charge >= 0.3 is 0 Å². The van der Waals surface area contributed by atoms with E-state index >= 15 is 0 Å². The van der Waals surface area contributed by atoms with E-state index in [0.717, 1.165) is 17.0 Å². The number of hydrogen-bond donors (Lipinski definition) is 0. The SMILES string of the molecule is Cc1cc(Oc2ccc(CCOc3ccnc(Cl)n3)nc2)ccc1Cl. The molecule has 0 N–H and O–H groups in total. The third-order valence-corrected chi connectivity index (χ3v) is 3.98. The van der Waals surface area contributed by atoms with Gasteiger partial charge in [-0.2, -0.15) is 4.98 Å². The molecule has 7 heteroatoms. The lowest BCUT2D eigenvalue weighted by atomic mass is 10.2. The molecule has 0 atom stereocenters. The van der Waals surface area contributed by atoms with Crippen molar-refractivity contribution in [1.29, 1.82) is 0 Å². The summed E-state index contributed by atoms with van der Waals surface area (Å²) in [5, 5.41) is 0.875. The molecular formula is C18H15Cl2N3O2. The van der Waals surface area contributed by atoms with E-state index < -0.39 is 0 Å². The summed E-state index contributed by atoms with van der Waals surface area (Å²) in [6.07, 6.45) is 3.87. The van der Waals surface area contributed by atoms with Crippen molar-refractivity contribution in [1.82, 2.24) is 15.0 Å². The van der Waals surface area contributed by atoms with Gasteiger partial charge in [-0.25, -0.2) is 4.98 Å². The Kier molecular flexibility index (Phi) is 5.68. The van der Waals surface area contributed by atoms with Crippen molar-refractivity contribution in [3.63, 3.8) is 0 Å². The molecule has 0 aliphatic heterocycles. The quantitative estimate of drug-likeness (QED) is 0.573. The van der Waals surface area contributed by atoms with Gasteiger partial charge in [-0.15, -0.1) is 0 Å². The monoisotopic (exact) mass is 375 g/mol. The van der Waals surface area contributed by atoms with Crippen molar-refractivity contribution >= 4 is 23.2 Å². The third kappa shape index (κ3) is 5.05. The summed E-state index contributed by atoms with van der Waals surface area (Å²) in [4.78, 5) is 12.1. The lowest BCUT2D eigenvalue weighted by Gasteiger charge is -2.08. The van der Waals surface area contributed by atoms with Gasteiger partial charge in [-0.05, 0) is 54.4 Å². The van der Waals surface area contributed by atoms with Crippen molar-refractivity contribution in [3.8, 4) is 17.4 Å². The van der Waals surface area contributed by atoms with Crippen LogP contribution in [-0.2, 0) is 6.42 Å². The van der Waals surface area contributed by atoms with Crippen molar-refractivity contribution < 1.29 is 9.47 Å². The molecule has 25 heavy (non-hydrogen) atoms. The smallest absolute Gasteiger partial charge is 0.225 e. The van der Waals surface area contributed by atoms with Crippen molar-refractivity contribution in [2.24, 2.45) is 0 Å². The van der Waals surface area contributed by atoms with E-state index in [1.54, 1.807) is 18.5 Å². The second kappa shape index (κ2) is 8.14. The van der Waals surface area contributed by atoms with Gasteiger partial charge in [0.05, 0.1) is 12.8 Å². The van der Waals surface area contributed by atoms with Gasteiger partial charge in [0.2, 0.25) is 11.2 Å². The molecule has 0 unspecified atom stereocenters. The summed E-state index contributed by atoms with van der Waals surface area (Å²) < 4.78 is 11.3. The van der Waals surface area contributed by atoms with Gasteiger partial charge in [0.25, 0.3) is 0 Å². The zero-order chi connectivity index (χ0) is 17.6. The van der Waals surface area contributed by atoms with Gasteiger partial charge in [0.15, 0.2) is 0 Å². The van der Waals surface area contributed by atoms with Crippen LogP contribution in [-0.4, -0.2) is 21.6 Å². The summed E-state index contributed by atoms with van der Waals surface area (Å²) >= 11 is 11.7. The standard InChI is InChI=1S/C18H15Cl2N3O2/c1-12-10-14(4-5-16(12)19)25-15-3-2-13(22-11-15)7-9-24-17-6-8-21-18(20)23-17/h2-6,8,10-11H,7,9H2,1H3. The van der Waals surface area contributed by atoms with Gasteiger partial charge in [0, 0.05) is 29.4 Å². The molecular weight excluding hydrogens is 361 g/mol. The number of pyridine rings is 1. The number of ether oxygens (including phenoxy) is 2. The summed E-state index contributed by atoms with van der Waals surface area (Å²) in [5.74, 6) is 1.83. The van der Waals surface area contributed by atoms with Crippen LogP contribution in [0, 0.1) is 6.92 Å². The van der Waals surface area contributed by atoms with Crippen LogP contribution in [0.15, 0.2) is 48.8 Å². The van der Waals surface area contributed by atoms with Gasteiger partial charge < -0.3 is 9.47 Å². The first-order chi connectivity index (χ1) is 12.1. The summed E-state index contributed by atoms with van der Waals surface area (Å²) in [6.45, 7) is 2.37. The number of rotatable bonds is 6. The molecule has 0 bridgehead atoms. The minimum atomic E-state index is 0.162. The lowest BCUT2D eigenvalue weighted by Crippen LogP contribution is -2.04. The highest BCUT2D eigenvalue weighted by atomic mass is 35.5. The normalized spacial score (nSPS) is 10.5. The predicted octanol–water partition coefficient (Wildman–Crippen LogP) is 4.90. The molecule has 0 radical (unpaired) electrons. The molecule has 0 spiro atoms. The zero-order valence-electron chi connectivity index (χ0n) is 13.4. The molecule has 1 aromatic carbocycles. The lowest BCUT2D eigenvalue weighted by molar-refractivity contribution is 0.307. The number of hydrogen-bond acceptors (Lipinski definition) is 5. The molecule has 0 saturated heterocycles. The number of nitrogens with zero attached hydrogens (tertiary/aromatic N) is 3. The Morgan fingerprint density at radius 1 is 1.00 bits per heavy atom. The number of aromatic nitrogens is 3. The van der Waals surface area contributed by atoms with Crippen molar-refractivity contribution in [2.75, 3.05) is 6.61 Å². The van der Waals surface area contributed by atoms with Crippen LogP contribution in [0.5, 0.6) is 17.4 Å². The summed E-state index contributed by atoms with van der Waals surface area (Å²) in [5.41, 5.74) is 1.85. The summed E-state index contributed by atoms with van der Waals surface area (Å²) in [6, 6.07) is 10.9. The molecule has 2 aromatic heterocycles. The van der Waals surface area contributed by atoms with E-state index in [2.05, 4.69) is 15.0 Å². The number of aryl methyl sites for hydroxylation is 1. The first-order valence-corrected chi connectivity index (χ1v) is 8.36. The molecule has 0 fully saturated rings. The Morgan fingerprint density at radius 2 is 1.84 bits per heavy atom. The van der Waals surface area contributed by atoms with Gasteiger partial charge in [0.1, 0.15) is 11.5 Å². The predicted molar refractivity (Wildman–Crippen MR) is 96.7 cm³/mol. The highest BCUT2D eigenvalue weighted by Crippen LogP contribution is 2.25. The molecule has 3 aromatic rings. The van der Waals surface area contributed by atoms with Crippen LogP contribution in [0.1, 0.15) is 11.3 Å². The average molecular weight is 376 g/mol. The Balaban J connectivity index is 1.54. The fourth-order valence-corrected chi connectivity index (χ4v) is 2.35. The maximum atomic E-state index is 6.01. The van der Waals surface area contributed by atoms with Crippen LogP contribution >= 0.6 is 23.2 Å². The fraction of sp³-hybridized carbons (Fsp3) is 0.167. The molecule has 128 valence electrons. The Morgan fingerprint density at radius 3 is 2.56 bits per heavy atom. The second-order valence-corrected chi connectivity index (χ2v) is 6.01. The van der Waals surface area contributed by atoms with Crippen molar-refractivity contribution in [2.45, 2.75) is 13.3 Å². The molecule has 0 amide bonds. The third-order valence-electron chi connectivity index (χ3n) is 3.37. The van der Waals surface area contributed by atoms with E-state index in [4.69, 9.17) is 32.7 Å². The van der Waals surface area contributed by atoms with E-state index in [9.17, 15) is 0 Å². The first kappa shape index (κ1) is 17.5. The molecule has 3 rings (SSSR count). The molecule has 2 heterocycles. The van der Waals surface area contributed by atoms with E-state index in [1.165, 1.54) is 0 Å². The number of halogens is 2. The van der Waals surface area contributed by atoms with Crippen LogP contribution in [0.2, 0.25) is 10.3 Å². The molecule has 0 saturated carbocycles. The second-order valence-electron chi connectivity index (χ2n) is 5.26. The number of benzene rings is 1. The Bertz CT molecular complexity index is 857. The van der Waals surface area contributed by atoms with Gasteiger partial charge in [-0.3, -0.25) is 4.98 Å². The molecule has 0 aliphatic carbocycles. The van der Waals surface area contributed by atoms with E-state index in [1.807, 2.05) is 37.3 Å². The van der Waals surface area contributed by atoms with Crippen LogP contribution in [0.4, 0.5) is 0 Å². The largest absolute Gasteiger partial charge is 0.477 e. The topological polar surface area (TPSA) is 57.1 Å². The summed E-state index contributed by atoms with van der Waals surface area (Å²) in [7, 11) is 0. The van der Waals surface area contributed by atoms with Crippen LogP contribution in [0.3, 0.4) is 0 Å². The average Bonchev–Trinajstić information content (AvgIpc) is 2.60.